The maximum absolute atomic E-state index is 12.9. The molecule has 3 aliphatic rings. The Labute approximate surface area is 130 Å². The van der Waals surface area contributed by atoms with Gasteiger partial charge >= 0.3 is 0 Å². The Hall–Kier alpha value is -1.82. The lowest BCUT2D eigenvalue weighted by Gasteiger charge is -2.35. The summed E-state index contributed by atoms with van der Waals surface area (Å²) in [6, 6.07) is 0.232. The van der Waals surface area contributed by atoms with E-state index in [1.807, 2.05) is 18.9 Å². The van der Waals surface area contributed by atoms with Crippen LogP contribution in [0.5, 0.6) is 0 Å². The van der Waals surface area contributed by atoms with Crippen molar-refractivity contribution in [1.29, 1.82) is 0 Å². The molecule has 6 heteroatoms. The van der Waals surface area contributed by atoms with Gasteiger partial charge < -0.3 is 19.8 Å². The molecule has 0 spiro atoms. The number of hydrogen-bond acceptors (Lipinski definition) is 5. The van der Waals surface area contributed by atoms with Gasteiger partial charge in [0.25, 0.3) is 5.91 Å². The number of carbonyl (C=O) groups is 2. The highest BCUT2D eigenvalue weighted by molar-refractivity contribution is 6.04. The second-order valence-electron chi connectivity index (χ2n) is 6.37. The van der Waals surface area contributed by atoms with Crippen molar-refractivity contribution >= 4 is 11.7 Å². The number of allylic oxidation sites excluding steroid dienone is 3. The van der Waals surface area contributed by atoms with Gasteiger partial charge in [0.15, 0.2) is 11.5 Å². The average molecular weight is 305 g/mol. The molecule has 0 bridgehead atoms. The minimum absolute atomic E-state index is 0.153. The molecule has 120 valence electrons. The Morgan fingerprint density at radius 1 is 1.23 bits per heavy atom. The first kappa shape index (κ1) is 15.1. The number of amides is 1. The molecule has 0 unspecified atom stereocenters. The van der Waals surface area contributed by atoms with Crippen LogP contribution in [-0.2, 0) is 9.59 Å². The van der Waals surface area contributed by atoms with Gasteiger partial charge in [-0.1, -0.05) is 6.08 Å². The van der Waals surface area contributed by atoms with E-state index in [0.717, 1.165) is 31.6 Å². The van der Waals surface area contributed by atoms with Crippen molar-refractivity contribution < 1.29 is 14.7 Å². The molecule has 2 heterocycles. The zero-order valence-electron chi connectivity index (χ0n) is 13.2. The van der Waals surface area contributed by atoms with Gasteiger partial charge in [-0.15, -0.1) is 0 Å². The number of piperazine rings is 1. The molecule has 1 N–H and O–H groups in total. The number of Topliss-reactive ketones (excluding diaryl/α,β-unsaturated/α-hetero) is 1. The molecule has 2 aliphatic heterocycles. The van der Waals surface area contributed by atoms with Crippen LogP contribution in [0.15, 0.2) is 23.2 Å². The van der Waals surface area contributed by atoms with Crippen molar-refractivity contribution in [3.63, 3.8) is 0 Å². The predicted octanol–water partition coefficient (Wildman–Crippen LogP) is 0.871. The summed E-state index contributed by atoms with van der Waals surface area (Å²) in [5.41, 5.74) is 1.07. The van der Waals surface area contributed by atoms with E-state index in [9.17, 15) is 14.7 Å². The number of rotatable bonds is 2. The number of hydrogen-bond donors (Lipinski definition) is 1. The molecule has 0 aromatic heterocycles. The maximum Gasteiger partial charge on any atom is 0.274 e. The number of nitrogens with zero attached hydrogens (tertiary/aromatic N) is 3. The third-order valence-corrected chi connectivity index (χ3v) is 4.60. The van der Waals surface area contributed by atoms with E-state index in [2.05, 4.69) is 4.90 Å². The molecule has 1 saturated heterocycles. The fraction of sp³-hybridized carbons (Fsp3) is 0.625. The van der Waals surface area contributed by atoms with Crippen LogP contribution in [0.3, 0.4) is 0 Å². The van der Waals surface area contributed by atoms with Gasteiger partial charge in [-0.05, 0) is 26.8 Å². The van der Waals surface area contributed by atoms with E-state index in [4.69, 9.17) is 0 Å². The van der Waals surface area contributed by atoms with Crippen LogP contribution in [0.25, 0.3) is 0 Å². The summed E-state index contributed by atoms with van der Waals surface area (Å²) < 4.78 is 0. The van der Waals surface area contributed by atoms with E-state index in [1.165, 1.54) is 0 Å². The van der Waals surface area contributed by atoms with Crippen LogP contribution in [0.1, 0.15) is 26.2 Å². The van der Waals surface area contributed by atoms with Gasteiger partial charge in [-0.2, -0.15) is 0 Å². The third-order valence-electron chi connectivity index (χ3n) is 4.60. The average Bonchev–Trinajstić information content (AvgIpc) is 3.33. The van der Waals surface area contributed by atoms with Gasteiger partial charge in [0.1, 0.15) is 0 Å². The zero-order chi connectivity index (χ0) is 15.9. The summed E-state index contributed by atoms with van der Waals surface area (Å²) in [4.78, 5) is 30.8. The molecule has 1 amide bonds. The van der Waals surface area contributed by atoms with Crippen molar-refractivity contribution in [2.75, 3.05) is 33.2 Å². The predicted molar refractivity (Wildman–Crippen MR) is 82.0 cm³/mol. The molecule has 6 nitrogen and oxygen atoms in total. The molecule has 2 fully saturated rings. The molecular weight excluding hydrogens is 282 g/mol. The summed E-state index contributed by atoms with van der Waals surface area (Å²) in [6.07, 6.45) is 3.94. The Kier molecular flexibility index (Phi) is 3.95. The number of aliphatic hydroxyl groups is 1. The van der Waals surface area contributed by atoms with E-state index < -0.39 is 0 Å². The maximum atomic E-state index is 12.9. The minimum atomic E-state index is -0.375. The smallest absolute Gasteiger partial charge is 0.274 e. The topological polar surface area (TPSA) is 64.1 Å². The molecule has 1 saturated carbocycles. The van der Waals surface area contributed by atoms with Crippen LogP contribution < -0.4 is 0 Å². The molecular formula is C16H23N3O3. The Morgan fingerprint density at radius 3 is 2.45 bits per heavy atom. The van der Waals surface area contributed by atoms with Crippen LogP contribution in [-0.4, -0.2) is 70.8 Å². The summed E-state index contributed by atoms with van der Waals surface area (Å²) in [7, 11) is 2.02. The first-order chi connectivity index (χ1) is 10.5. The largest absolute Gasteiger partial charge is 0.503 e. The molecule has 0 atom stereocenters. The van der Waals surface area contributed by atoms with E-state index in [1.54, 1.807) is 11.0 Å². The zero-order valence-corrected chi connectivity index (χ0v) is 13.2. The van der Waals surface area contributed by atoms with Gasteiger partial charge in [-0.3, -0.25) is 9.59 Å². The first-order valence-electron chi connectivity index (χ1n) is 7.89. The summed E-state index contributed by atoms with van der Waals surface area (Å²) >= 11 is 0. The lowest BCUT2D eigenvalue weighted by atomic mass is 10.2. The molecule has 22 heavy (non-hydrogen) atoms. The standard InChI is InChI=1S/C16H23N3O3/c1-11-3-6-13(20)15(21)14(19(11)12-4-5-12)16(22)18-9-7-17(2)8-10-18/h3,12,21H,4-10H2,1-2H3. The second kappa shape index (κ2) is 5.76. The highest BCUT2D eigenvalue weighted by Crippen LogP contribution is 2.36. The fourth-order valence-corrected chi connectivity index (χ4v) is 3.02. The third kappa shape index (κ3) is 2.75. The van der Waals surface area contributed by atoms with E-state index >= 15 is 0 Å². The van der Waals surface area contributed by atoms with Gasteiger partial charge in [-0.25, -0.2) is 0 Å². The SMILES string of the molecule is CC1=CCC(=O)C(O)=C(C(=O)N2CCN(C)CC2)N1C1CC1. The summed E-state index contributed by atoms with van der Waals surface area (Å²) in [5, 5.41) is 10.3. The summed E-state index contributed by atoms with van der Waals surface area (Å²) in [5.74, 6) is -0.968. The van der Waals surface area contributed by atoms with Crippen molar-refractivity contribution in [1.82, 2.24) is 14.7 Å². The number of ketones is 1. The van der Waals surface area contributed by atoms with Crippen LogP contribution >= 0.6 is 0 Å². The quantitative estimate of drug-likeness (QED) is 0.820. The van der Waals surface area contributed by atoms with Crippen molar-refractivity contribution in [3.8, 4) is 0 Å². The highest BCUT2D eigenvalue weighted by Gasteiger charge is 2.40. The minimum Gasteiger partial charge on any atom is -0.503 e. The lowest BCUT2D eigenvalue weighted by molar-refractivity contribution is -0.131. The molecule has 1 aliphatic carbocycles. The van der Waals surface area contributed by atoms with Crippen LogP contribution in [0.4, 0.5) is 0 Å². The molecule has 3 rings (SSSR count). The molecule has 0 radical (unpaired) electrons. The Balaban J connectivity index is 1.92. The van der Waals surface area contributed by atoms with Gasteiger partial charge in [0.05, 0.1) is 0 Å². The molecule has 0 aromatic rings. The van der Waals surface area contributed by atoms with Crippen molar-refractivity contribution in [2.24, 2.45) is 0 Å². The van der Waals surface area contributed by atoms with Crippen molar-refractivity contribution in [3.05, 3.63) is 23.2 Å². The number of aliphatic hydroxyl groups excluding tert-OH is 1. The Bertz CT molecular complexity index is 555. The molecule has 0 aromatic carbocycles. The highest BCUT2D eigenvalue weighted by atomic mass is 16.3. The van der Waals surface area contributed by atoms with Crippen molar-refractivity contribution in [2.45, 2.75) is 32.2 Å². The van der Waals surface area contributed by atoms with E-state index in [0.29, 0.717) is 13.1 Å². The van der Waals surface area contributed by atoms with Crippen LogP contribution in [0.2, 0.25) is 0 Å². The van der Waals surface area contributed by atoms with Gasteiger partial charge in [0.2, 0.25) is 5.78 Å². The number of likely N-dealkylation sites (N-methyl/N-ethyl adjacent to an activating group) is 1. The van der Waals surface area contributed by atoms with Crippen LogP contribution in [0, 0.1) is 0 Å². The Morgan fingerprint density at radius 2 is 1.86 bits per heavy atom. The second-order valence-corrected chi connectivity index (χ2v) is 6.37. The lowest BCUT2D eigenvalue weighted by Crippen LogP contribution is -2.49. The van der Waals surface area contributed by atoms with E-state index in [-0.39, 0.29) is 35.6 Å². The monoisotopic (exact) mass is 305 g/mol. The van der Waals surface area contributed by atoms with Gasteiger partial charge in [0, 0.05) is 44.3 Å². The fourth-order valence-electron chi connectivity index (χ4n) is 3.02. The summed E-state index contributed by atoms with van der Waals surface area (Å²) in [6.45, 7) is 4.78. The number of carbonyl (C=O) groups excluding carboxylic acids is 2. The first-order valence-corrected chi connectivity index (χ1v) is 7.89. The normalized spacial score (nSPS) is 24.5.